The molecule has 0 radical (unpaired) electrons. The van der Waals surface area contributed by atoms with Crippen LogP contribution in [0.3, 0.4) is 0 Å². The van der Waals surface area contributed by atoms with Crippen LogP contribution in [0.5, 0.6) is 5.75 Å². The maximum absolute atomic E-state index is 13.3. The van der Waals surface area contributed by atoms with Gasteiger partial charge in [0.15, 0.2) is 0 Å². The first kappa shape index (κ1) is 22.5. The zero-order valence-corrected chi connectivity index (χ0v) is 18.0. The zero-order valence-electron chi connectivity index (χ0n) is 18.0. The van der Waals surface area contributed by atoms with Gasteiger partial charge in [-0.1, -0.05) is 19.1 Å². The molecule has 0 bridgehead atoms. The van der Waals surface area contributed by atoms with E-state index in [1.165, 1.54) is 29.2 Å². The van der Waals surface area contributed by atoms with E-state index in [0.29, 0.717) is 31.0 Å². The summed E-state index contributed by atoms with van der Waals surface area (Å²) in [5.74, 6) is -1.50. The molecule has 0 spiro atoms. The number of Topliss-reactive ketones (excluding diaryl/α,β-unsaturated/α-hetero) is 1. The smallest absolute Gasteiger partial charge is 0.295 e. The van der Waals surface area contributed by atoms with Crippen molar-refractivity contribution in [3.8, 4) is 5.75 Å². The number of aliphatic hydroxyl groups excluding tert-OH is 1. The number of ketones is 1. The number of likely N-dealkylation sites (N-methyl/N-ethyl adjacent to an activating group) is 1. The summed E-state index contributed by atoms with van der Waals surface area (Å²) < 4.78 is 19.0. The first-order chi connectivity index (χ1) is 14.8. The van der Waals surface area contributed by atoms with Crippen LogP contribution in [0.4, 0.5) is 4.39 Å². The second-order valence-corrected chi connectivity index (χ2v) is 7.72. The van der Waals surface area contributed by atoms with Crippen LogP contribution in [0, 0.1) is 5.82 Å². The molecule has 1 saturated heterocycles. The third-order valence-corrected chi connectivity index (χ3v) is 5.11. The van der Waals surface area contributed by atoms with Crippen molar-refractivity contribution in [2.75, 3.05) is 33.8 Å². The molecule has 164 valence electrons. The molecule has 1 amide bonds. The monoisotopic (exact) mass is 426 g/mol. The molecular formula is C24H27FN2O4. The van der Waals surface area contributed by atoms with E-state index in [1.54, 1.807) is 24.3 Å². The van der Waals surface area contributed by atoms with Crippen LogP contribution in [0.25, 0.3) is 5.76 Å². The summed E-state index contributed by atoms with van der Waals surface area (Å²) in [5, 5.41) is 10.9. The molecule has 31 heavy (non-hydrogen) atoms. The molecule has 1 aliphatic heterocycles. The minimum absolute atomic E-state index is 0.00223. The summed E-state index contributed by atoms with van der Waals surface area (Å²) >= 11 is 0. The van der Waals surface area contributed by atoms with Gasteiger partial charge in [0.1, 0.15) is 17.3 Å². The third-order valence-electron chi connectivity index (χ3n) is 5.11. The van der Waals surface area contributed by atoms with Gasteiger partial charge in [-0.25, -0.2) is 4.39 Å². The number of aliphatic hydroxyl groups is 1. The van der Waals surface area contributed by atoms with E-state index >= 15 is 0 Å². The number of benzene rings is 2. The van der Waals surface area contributed by atoms with E-state index in [9.17, 15) is 19.1 Å². The minimum Gasteiger partial charge on any atom is -0.507 e. The van der Waals surface area contributed by atoms with Gasteiger partial charge in [-0.15, -0.1) is 0 Å². The standard InChI is InChI=1S/C24H27FN2O4/c1-4-15-31-19-11-7-16(8-12-19)21-20(22(28)17-5-9-18(25)10-6-17)23(29)24(30)27(21)14-13-26(2)3/h5-12,21,28H,4,13-15H2,1-3H3/t21-/m0/s1. The van der Waals surface area contributed by atoms with Crippen molar-refractivity contribution >= 4 is 17.4 Å². The van der Waals surface area contributed by atoms with Crippen molar-refractivity contribution in [2.45, 2.75) is 19.4 Å². The number of nitrogens with zero attached hydrogens (tertiary/aromatic N) is 2. The Kier molecular flexibility index (Phi) is 7.07. The largest absolute Gasteiger partial charge is 0.507 e. The lowest BCUT2D eigenvalue weighted by Crippen LogP contribution is -2.35. The van der Waals surface area contributed by atoms with E-state index in [4.69, 9.17) is 4.74 Å². The molecule has 0 aliphatic carbocycles. The SMILES string of the molecule is CCCOc1ccc([C@H]2C(=C(O)c3ccc(F)cc3)C(=O)C(=O)N2CCN(C)C)cc1. The summed E-state index contributed by atoms with van der Waals surface area (Å²) in [4.78, 5) is 29.1. The van der Waals surface area contributed by atoms with E-state index in [1.807, 2.05) is 25.9 Å². The number of hydrogen-bond acceptors (Lipinski definition) is 5. The predicted molar refractivity (Wildman–Crippen MR) is 116 cm³/mol. The number of amides is 1. The lowest BCUT2D eigenvalue weighted by molar-refractivity contribution is -0.140. The molecule has 1 N–H and O–H groups in total. The van der Waals surface area contributed by atoms with E-state index in [-0.39, 0.29) is 16.9 Å². The molecule has 2 aromatic carbocycles. The summed E-state index contributed by atoms with van der Waals surface area (Å²) in [6, 6.07) is 11.6. The van der Waals surface area contributed by atoms with Crippen LogP contribution in [-0.4, -0.2) is 60.4 Å². The number of rotatable bonds is 8. The third kappa shape index (κ3) is 4.94. The lowest BCUT2D eigenvalue weighted by Gasteiger charge is -2.26. The number of carbonyl (C=O) groups is 2. The van der Waals surface area contributed by atoms with Gasteiger partial charge in [0.25, 0.3) is 11.7 Å². The van der Waals surface area contributed by atoms with Crippen molar-refractivity contribution in [3.63, 3.8) is 0 Å². The van der Waals surface area contributed by atoms with Crippen molar-refractivity contribution in [1.82, 2.24) is 9.80 Å². The van der Waals surface area contributed by atoms with Crippen LogP contribution in [0.1, 0.15) is 30.5 Å². The molecule has 1 fully saturated rings. The highest BCUT2D eigenvalue weighted by molar-refractivity contribution is 6.46. The molecule has 0 unspecified atom stereocenters. The molecule has 1 atom stereocenters. The van der Waals surface area contributed by atoms with Crippen LogP contribution < -0.4 is 4.74 Å². The quantitative estimate of drug-likeness (QED) is 0.397. The summed E-state index contributed by atoms with van der Waals surface area (Å²) in [7, 11) is 3.76. The molecule has 7 heteroatoms. The fourth-order valence-electron chi connectivity index (χ4n) is 3.49. The maximum atomic E-state index is 13.3. The fraction of sp³-hybridized carbons (Fsp3) is 0.333. The number of ether oxygens (including phenoxy) is 1. The summed E-state index contributed by atoms with van der Waals surface area (Å²) in [6.07, 6.45) is 0.879. The highest BCUT2D eigenvalue weighted by atomic mass is 19.1. The van der Waals surface area contributed by atoms with Gasteiger partial charge in [0.05, 0.1) is 18.2 Å². The van der Waals surface area contributed by atoms with Crippen molar-refractivity contribution < 1.29 is 23.8 Å². The van der Waals surface area contributed by atoms with Gasteiger partial charge >= 0.3 is 0 Å². The Morgan fingerprint density at radius 2 is 1.74 bits per heavy atom. The van der Waals surface area contributed by atoms with Gasteiger partial charge < -0.3 is 19.6 Å². The number of likely N-dealkylation sites (tertiary alicyclic amines) is 1. The number of halogens is 1. The average molecular weight is 426 g/mol. The van der Waals surface area contributed by atoms with E-state index < -0.39 is 23.5 Å². The van der Waals surface area contributed by atoms with Gasteiger partial charge in [-0.2, -0.15) is 0 Å². The van der Waals surface area contributed by atoms with Crippen LogP contribution in [0.2, 0.25) is 0 Å². The summed E-state index contributed by atoms with van der Waals surface area (Å²) in [5.41, 5.74) is 0.961. The fourth-order valence-corrected chi connectivity index (χ4v) is 3.49. The Balaban J connectivity index is 2.06. The molecule has 0 aromatic heterocycles. The minimum atomic E-state index is -0.753. The Morgan fingerprint density at radius 1 is 1.10 bits per heavy atom. The van der Waals surface area contributed by atoms with E-state index in [2.05, 4.69) is 0 Å². The molecule has 0 saturated carbocycles. The molecule has 1 aliphatic rings. The second kappa shape index (κ2) is 9.75. The van der Waals surface area contributed by atoms with Crippen LogP contribution in [-0.2, 0) is 9.59 Å². The first-order valence-corrected chi connectivity index (χ1v) is 10.2. The number of carbonyl (C=O) groups excluding carboxylic acids is 2. The summed E-state index contributed by atoms with van der Waals surface area (Å²) in [6.45, 7) is 3.47. The predicted octanol–water partition coefficient (Wildman–Crippen LogP) is 3.60. The van der Waals surface area contributed by atoms with Crippen molar-refractivity contribution in [3.05, 3.63) is 71.0 Å². The van der Waals surface area contributed by atoms with Crippen molar-refractivity contribution in [1.29, 1.82) is 0 Å². The molecular weight excluding hydrogens is 399 g/mol. The average Bonchev–Trinajstić information content (AvgIpc) is 3.01. The molecule has 2 aromatic rings. The Morgan fingerprint density at radius 3 is 2.32 bits per heavy atom. The first-order valence-electron chi connectivity index (χ1n) is 10.2. The van der Waals surface area contributed by atoms with Crippen LogP contribution in [0.15, 0.2) is 54.1 Å². The van der Waals surface area contributed by atoms with Gasteiger partial charge in [-0.05, 0) is 62.5 Å². The lowest BCUT2D eigenvalue weighted by atomic mass is 9.95. The maximum Gasteiger partial charge on any atom is 0.295 e. The number of hydrogen-bond donors (Lipinski definition) is 1. The van der Waals surface area contributed by atoms with Crippen molar-refractivity contribution in [2.24, 2.45) is 0 Å². The zero-order chi connectivity index (χ0) is 22.5. The highest BCUT2D eigenvalue weighted by Gasteiger charge is 2.45. The molecule has 1 heterocycles. The van der Waals surface area contributed by atoms with Crippen LogP contribution >= 0.6 is 0 Å². The Bertz CT molecular complexity index is 968. The van der Waals surface area contributed by atoms with Gasteiger partial charge in [-0.3, -0.25) is 9.59 Å². The molecule has 3 rings (SSSR count). The normalized spacial score (nSPS) is 18.1. The molecule has 6 nitrogen and oxygen atoms in total. The Hall–Kier alpha value is -3.19. The van der Waals surface area contributed by atoms with E-state index in [0.717, 1.165) is 6.42 Å². The Labute approximate surface area is 181 Å². The van der Waals surface area contributed by atoms with Gasteiger partial charge in [0.2, 0.25) is 0 Å². The van der Waals surface area contributed by atoms with Gasteiger partial charge in [0, 0.05) is 18.7 Å². The second-order valence-electron chi connectivity index (χ2n) is 7.72. The topological polar surface area (TPSA) is 70.1 Å². The highest BCUT2D eigenvalue weighted by Crippen LogP contribution is 2.39.